The van der Waals surface area contributed by atoms with Crippen LogP contribution < -0.4 is 9.80 Å². The molecule has 0 aliphatic carbocycles. The molecule has 2 aliphatic heterocycles. The van der Waals surface area contributed by atoms with Crippen LogP contribution in [-0.2, 0) is 25.5 Å². The van der Waals surface area contributed by atoms with Gasteiger partial charge in [-0.15, -0.1) is 0 Å². The number of hydrogen-bond donors (Lipinski definition) is 0. The number of hydrogen-bond acceptors (Lipinski definition) is 5. The lowest BCUT2D eigenvalue weighted by molar-refractivity contribution is -0.151. The number of anilines is 3. The quantitative estimate of drug-likeness (QED) is 0.490. The van der Waals surface area contributed by atoms with Gasteiger partial charge in [0.2, 0.25) is 5.91 Å². The van der Waals surface area contributed by atoms with Crippen LogP contribution >= 0.6 is 11.8 Å². The minimum atomic E-state index is -0.596. The predicted octanol–water partition coefficient (Wildman–Crippen LogP) is 4.97. The number of nitrogens with zero attached hydrogens (tertiary/aromatic N) is 2. The number of carbonyl (C=O) groups excluding carboxylic acids is 3. The monoisotopic (exact) mass is 472 g/mol. The number of amides is 2. The first kappa shape index (κ1) is 22.2. The Balaban J connectivity index is 1.29. The molecule has 0 bridgehead atoms. The summed E-state index contributed by atoms with van der Waals surface area (Å²) in [5.41, 5.74) is 3.43. The molecule has 0 N–H and O–H groups in total. The lowest BCUT2D eigenvalue weighted by atomic mass is 10.1. The molecule has 3 aromatic rings. The van der Waals surface area contributed by atoms with E-state index in [1.165, 1.54) is 0 Å². The Morgan fingerprint density at radius 1 is 0.912 bits per heavy atom. The Labute approximate surface area is 202 Å². The van der Waals surface area contributed by atoms with Gasteiger partial charge in [0.15, 0.2) is 6.61 Å². The summed E-state index contributed by atoms with van der Waals surface area (Å²) in [5, 5.41) is 0. The standard InChI is InChI=1S/C27H24N2O4S/c1-2-18-9-3-4-10-20(18)28-16-19(15-25(28)30)27(32)33-17-26(31)29-21-11-5-7-13-23(21)34-24-14-8-6-12-22(24)29/h3-14,19H,2,15-17H2,1H3/t19-/m0/s1. The average molecular weight is 473 g/mol. The number of ether oxygens (including phenoxy) is 1. The van der Waals surface area contributed by atoms with Crippen LogP contribution in [0, 0.1) is 5.92 Å². The lowest BCUT2D eigenvalue weighted by Crippen LogP contribution is -2.34. The minimum Gasteiger partial charge on any atom is -0.455 e. The Hall–Kier alpha value is -3.58. The number of rotatable bonds is 5. The lowest BCUT2D eigenvalue weighted by Gasteiger charge is -2.30. The first-order valence-electron chi connectivity index (χ1n) is 11.3. The summed E-state index contributed by atoms with van der Waals surface area (Å²) in [4.78, 5) is 43.9. The minimum absolute atomic E-state index is 0.0804. The van der Waals surface area contributed by atoms with Gasteiger partial charge in [-0.3, -0.25) is 19.3 Å². The molecule has 5 rings (SSSR count). The summed E-state index contributed by atoms with van der Waals surface area (Å²) in [5.74, 6) is -1.55. The van der Waals surface area contributed by atoms with E-state index in [9.17, 15) is 14.4 Å². The van der Waals surface area contributed by atoms with Crippen molar-refractivity contribution in [1.29, 1.82) is 0 Å². The molecular formula is C27H24N2O4S. The molecule has 0 spiro atoms. The molecule has 2 amide bonds. The fourth-order valence-electron chi connectivity index (χ4n) is 4.46. The molecule has 3 aromatic carbocycles. The zero-order valence-corrected chi connectivity index (χ0v) is 19.6. The van der Waals surface area contributed by atoms with Crippen LogP contribution in [0.4, 0.5) is 17.1 Å². The zero-order chi connectivity index (χ0) is 23.7. The second kappa shape index (κ2) is 9.35. The van der Waals surface area contributed by atoms with E-state index in [0.29, 0.717) is 0 Å². The molecule has 172 valence electrons. The highest BCUT2D eigenvalue weighted by Crippen LogP contribution is 2.47. The third-order valence-electron chi connectivity index (χ3n) is 6.14. The molecule has 1 atom stereocenters. The summed E-state index contributed by atoms with van der Waals surface area (Å²) in [7, 11) is 0. The van der Waals surface area contributed by atoms with Crippen molar-refractivity contribution < 1.29 is 19.1 Å². The number of esters is 1. The third kappa shape index (κ3) is 4.07. The van der Waals surface area contributed by atoms with Crippen molar-refractivity contribution in [1.82, 2.24) is 0 Å². The van der Waals surface area contributed by atoms with Gasteiger partial charge >= 0.3 is 5.97 Å². The van der Waals surface area contributed by atoms with Gasteiger partial charge in [0.1, 0.15) is 0 Å². The van der Waals surface area contributed by atoms with Crippen LogP contribution in [0.5, 0.6) is 0 Å². The first-order chi connectivity index (χ1) is 16.6. The van der Waals surface area contributed by atoms with Crippen molar-refractivity contribution in [2.24, 2.45) is 5.92 Å². The second-order valence-corrected chi connectivity index (χ2v) is 9.35. The molecule has 1 saturated heterocycles. The summed E-state index contributed by atoms with van der Waals surface area (Å²) in [6.07, 6.45) is 0.873. The first-order valence-corrected chi connectivity index (χ1v) is 12.1. The normalized spacial score (nSPS) is 16.7. The van der Waals surface area contributed by atoms with E-state index >= 15 is 0 Å². The zero-order valence-electron chi connectivity index (χ0n) is 18.8. The van der Waals surface area contributed by atoms with E-state index < -0.39 is 11.9 Å². The molecule has 6 nitrogen and oxygen atoms in total. The fraction of sp³-hybridized carbons (Fsp3) is 0.222. The number of benzene rings is 3. The maximum Gasteiger partial charge on any atom is 0.311 e. The molecule has 0 aromatic heterocycles. The highest BCUT2D eigenvalue weighted by Gasteiger charge is 2.37. The molecular weight excluding hydrogens is 448 g/mol. The molecule has 7 heteroatoms. The van der Waals surface area contributed by atoms with Crippen LogP contribution in [0.15, 0.2) is 82.6 Å². The molecule has 2 heterocycles. The number of aryl methyl sites for hydroxylation is 1. The summed E-state index contributed by atoms with van der Waals surface area (Å²) < 4.78 is 5.44. The number of carbonyl (C=O) groups is 3. The molecule has 34 heavy (non-hydrogen) atoms. The maximum absolute atomic E-state index is 13.2. The third-order valence-corrected chi connectivity index (χ3v) is 7.27. The molecule has 2 aliphatic rings. The van der Waals surface area contributed by atoms with Gasteiger partial charge in [0, 0.05) is 28.4 Å². The van der Waals surface area contributed by atoms with E-state index in [-0.39, 0.29) is 31.4 Å². The second-order valence-electron chi connectivity index (χ2n) is 8.26. The smallest absolute Gasteiger partial charge is 0.311 e. The van der Waals surface area contributed by atoms with Gasteiger partial charge in [-0.1, -0.05) is 61.2 Å². The number of para-hydroxylation sites is 3. The highest BCUT2D eigenvalue weighted by atomic mass is 32.2. The maximum atomic E-state index is 13.2. The van der Waals surface area contributed by atoms with Crippen molar-refractivity contribution in [2.75, 3.05) is 23.0 Å². The van der Waals surface area contributed by atoms with Gasteiger partial charge in [0.25, 0.3) is 5.91 Å². The van der Waals surface area contributed by atoms with Crippen LogP contribution in [0.3, 0.4) is 0 Å². The van der Waals surface area contributed by atoms with Gasteiger partial charge in [-0.05, 0) is 42.3 Å². The predicted molar refractivity (Wildman–Crippen MR) is 131 cm³/mol. The van der Waals surface area contributed by atoms with Crippen molar-refractivity contribution >= 4 is 46.6 Å². The van der Waals surface area contributed by atoms with Gasteiger partial charge in [0.05, 0.1) is 17.3 Å². The van der Waals surface area contributed by atoms with E-state index in [1.54, 1.807) is 21.6 Å². The topological polar surface area (TPSA) is 66.9 Å². The van der Waals surface area contributed by atoms with Crippen molar-refractivity contribution in [3.05, 3.63) is 78.4 Å². The van der Waals surface area contributed by atoms with E-state index in [2.05, 4.69) is 0 Å². The molecule has 1 fully saturated rings. The Morgan fingerprint density at radius 2 is 1.50 bits per heavy atom. The molecule has 0 saturated carbocycles. The van der Waals surface area contributed by atoms with E-state index in [1.807, 2.05) is 79.7 Å². The van der Waals surface area contributed by atoms with E-state index in [0.717, 1.165) is 38.8 Å². The van der Waals surface area contributed by atoms with Gasteiger partial charge < -0.3 is 9.64 Å². The summed E-state index contributed by atoms with van der Waals surface area (Å²) in [6, 6.07) is 23.0. The summed E-state index contributed by atoms with van der Waals surface area (Å²) in [6.45, 7) is 1.91. The Kier molecular flexibility index (Phi) is 6.11. The van der Waals surface area contributed by atoms with E-state index in [4.69, 9.17) is 4.74 Å². The largest absolute Gasteiger partial charge is 0.455 e. The van der Waals surface area contributed by atoms with Crippen molar-refractivity contribution in [3.63, 3.8) is 0 Å². The van der Waals surface area contributed by atoms with Crippen molar-refractivity contribution in [3.8, 4) is 0 Å². The van der Waals surface area contributed by atoms with Gasteiger partial charge in [-0.2, -0.15) is 0 Å². The Morgan fingerprint density at radius 3 is 2.15 bits per heavy atom. The van der Waals surface area contributed by atoms with Crippen LogP contribution in [-0.4, -0.2) is 30.9 Å². The SMILES string of the molecule is CCc1ccccc1N1C[C@@H](C(=O)OCC(=O)N2c3ccccc3Sc3ccccc32)CC1=O. The molecule has 0 radical (unpaired) electrons. The number of fused-ring (bicyclic) bond motifs is 2. The summed E-state index contributed by atoms with van der Waals surface area (Å²) >= 11 is 1.61. The van der Waals surface area contributed by atoms with Crippen LogP contribution in [0.25, 0.3) is 0 Å². The average Bonchev–Trinajstić information content (AvgIpc) is 3.26. The fourth-order valence-corrected chi connectivity index (χ4v) is 5.52. The molecule has 0 unspecified atom stereocenters. The van der Waals surface area contributed by atoms with Crippen LogP contribution in [0.1, 0.15) is 18.9 Å². The highest BCUT2D eigenvalue weighted by molar-refractivity contribution is 7.99. The van der Waals surface area contributed by atoms with Crippen molar-refractivity contribution in [2.45, 2.75) is 29.6 Å². The van der Waals surface area contributed by atoms with Gasteiger partial charge in [-0.25, -0.2) is 0 Å². The Bertz CT molecular complexity index is 1230. The van der Waals surface area contributed by atoms with Crippen LogP contribution in [0.2, 0.25) is 0 Å².